The van der Waals surface area contributed by atoms with E-state index in [1.54, 1.807) is 24.3 Å². The van der Waals surface area contributed by atoms with Gasteiger partial charge in [-0.2, -0.15) is 0 Å². The fourth-order valence-electron chi connectivity index (χ4n) is 1.57. The topological polar surface area (TPSA) is 65.3 Å². The predicted octanol–water partition coefficient (Wildman–Crippen LogP) is 3.97. The molecule has 0 unspecified atom stereocenters. The van der Waals surface area contributed by atoms with Gasteiger partial charge in [0.1, 0.15) is 0 Å². The van der Waals surface area contributed by atoms with E-state index in [1.165, 1.54) is 13.2 Å². The van der Waals surface area contributed by atoms with Gasteiger partial charge >= 0.3 is 5.82 Å². The van der Waals surface area contributed by atoms with E-state index in [-0.39, 0.29) is 11.6 Å². The molecule has 1 aromatic carbocycles. The molecule has 1 heterocycles. The summed E-state index contributed by atoms with van der Waals surface area (Å²) in [6, 6.07) is 7.92. The highest BCUT2D eigenvalue weighted by molar-refractivity contribution is 6.36. The van der Waals surface area contributed by atoms with E-state index in [2.05, 4.69) is 4.98 Å². The lowest BCUT2D eigenvalue weighted by Crippen LogP contribution is -1.98. The fourth-order valence-corrected chi connectivity index (χ4v) is 2.08. The average Bonchev–Trinajstić information content (AvgIpc) is 2.38. The summed E-state index contributed by atoms with van der Waals surface area (Å²) in [5.74, 6) is -0.259. The number of methoxy groups -OCH3 is 1. The van der Waals surface area contributed by atoms with Crippen molar-refractivity contribution in [2.24, 2.45) is 0 Å². The van der Waals surface area contributed by atoms with Crippen LogP contribution in [0.25, 0.3) is 11.3 Å². The zero-order valence-electron chi connectivity index (χ0n) is 9.76. The number of rotatable bonds is 3. The Morgan fingerprint density at radius 1 is 1.26 bits per heavy atom. The second kappa shape index (κ2) is 5.42. The number of hydrogen-bond acceptors (Lipinski definition) is 4. The SMILES string of the molecule is COc1ccc(-c2ccc(Cl)cc2Cl)nc1[N+](=O)[O-]. The smallest absolute Gasteiger partial charge is 0.406 e. The van der Waals surface area contributed by atoms with Crippen molar-refractivity contribution in [3.8, 4) is 17.0 Å². The van der Waals surface area contributed by atoms with Crippen molar-refractivity contribution < 1.29 is 9.66 Å². The molecule has 0 radical (unpaired) electrons. The van der Waals surface area contributed by atoms with Gasteiger partial charge < -0.3 is 14.9 Å². The van der Waals surface area contributed by atoms with Crippen LogP contribution in [0, 0.1) is 10.1 Å². The van der Waals surface area contributed by atoms with Gasteiger partial charge in [0.05, 0.1) is 12.1 Å². The average molecular weight is 299 g/mol. The molecule has 2 aromatic rings. The van der Waals surface area contributed by atoms with E-state index in [4.69, 9.17) is 27.9 Å². The van der Waals surface area contributed by atoms with Gasteiger partial charge in [-0.1, -0.05) is 23.2 Å². The molecule has 2 rings (SSSR count). The lowest BCUT2D eigenvalue weighted by atomic mass is 10.1. The normalized spacial score (nSPS) is 10.3. The Hall–Kier alpha value is -1.85. The minimum atomic E-state index is -0.605. The van der Waals surface area contributed by atoms with Crippen LogP contribution in [0.1, 0.15) is 0 Å². The molecular formula is C12H8Cl2N2O3. The maximum absolute atomic E-state index is 10.9. The lowest BCUT2D eigenvalue weighted by molar-refractivity contribution is -0.390. The molecule has 7 heteroatoms. The first kappa shape index (κ1) is 13.6. The van der Waals surface area contributed by atoms with Crippen LogP contribution in [0.3, 0.4) is 0 Å². The largest absolute Gasteiger partial charge is 0.489 e. The van der Waals surface area contributed by atoms with Gasteiger partial charge in [-0.15, -0.1) is 0 Å². The van der Waals surface area contributed by atoms with Crippen LogP contribution in [-0.2, 0) is 0 Å². The maximum atomic E-state index is 10.9. The number of nitrogens with zero attached hydrogens (tertiary/aromatic N) is 2. The highest BCUT2D eigenvalue weighted by Gasteiger charge is 2.20. The van der Waals surface area contributed by atoms with Crippen LogP contribution < -0.4 is 4.74 Å². The molecule has 0 aliphatic heterocycles. The monoisotopic (exact) mass is 298 g/mol. The third-order valence-electron chi connectivity index (χ3n) is 2.44. The van der Waals surface area contributed by atoms with Gasteiger partial charge in [0.2, 0.25) is 5.75 Å². The number of ether oxygens (including phenoxy) is 1. The molecule has 1 aromatic heterocycles. The molecule has 5 nitrogen and oxygen atoms in total. The summed E-state index contributed by atoms with van der Waals surface area (Å²) in [5.41, 5.74) is 0.950. The summed E-state index contributed by atoms with van der Waals surface area (Å²) >= 11 is 11.8. The van der Waals surface area contributed by atoms with Gasteiger partial charge in [0.15, 0.2) is 5.69 Å². The standard InChI is InChI=1S/C12H8Cl2N2O3/c1-19-11-5-4-10(15-12(11)16(17)18)8-3-2-7(13)6-9(8)14/h2-6H,1H3. The van der Waals surface area contributed by atoms with Gasteiger partial charge in [-0.05, 0) is 40.2 Å². The Bertz CT molecular complexity index is 647. The van der Waals surface area contributed by atoms with E-state index in [0.29, 0.717) is 21.3 Å². The Labute approximate surface area is 118 Å². The van der Waals surface area contributed by atoms with Crippen LogP contribution in [0.15, 0.2) is 30.3 Å². The molecule has 0 atom stereocenters. The second-order valence-corrected chi connectivity index (χ2v) is 4.45. The highest BCUT2D eigenvalue weighted by Crippen LogP contribution is 2.33. The molecule has 0 amide bonds. The van der Waals surface area contributed by atoms with Gasteiger partial charge in [0, 0.05) is 10.6 Å². The van der Waals surface area contributed by atoms with E-state index in [9.17, 15) is 10.1 Å². The number of halogens is 2. The molecule has 0 saturated carbocycles. The molecule has 0 aliphatic rings. The third kappa shape index (κ3) is 2.77. The minimum Gasteiger partial charge on any atom is -0.489 e. The van der Waals surface area contributed by atoms with Crippen molar-refractivity contribution in [1.82, 2.24) is 4.98 Å². The van der Waals surface area contributed by atoms with Crippen LogP contribution in [0.2, 0.25) is 10.0 Å². The Morgan fingerprint density at radius 3 is 2.58 bits per heavy atom. The van der Waals surface area contributed by atoms with Gasteiger partial charge in [-0.25, -0.2) is 0 Å². The van der Waals surface area contributed by atoms with Crippen LogP contribution in [0.4, 0.5) is 5.82 Å². The van der Waals surface area contributed by atoms with Crippen molar-refractivity contribution in [2.45, 2.75) is 0 Å². The Balaban J connectivity index is 2.57. The van der Waals surface area contributed by atoms with Gasteiger partial charge in [-0.3, -0.25) is 0 Å². The van der Waals surface area contributed by atoms with E-state index >= 15 is 0 Å². The molecule has 0 aliphatic carbocycles. The Kier molecular flexibility index (Phi) is 3.87. The highest BCUT2D eigenvalue weighted by atomic mass is 35.5. The summed E-state index contributed by atoms with van der Waals surface area (Å²) in [6.07, 6.45) is 0. The quantitative estimate of drug-likeness (QED) is 0.635. The lowest BCUT2D eigenvalue weighted by Gasteiger charge is -2.04. The first-order valence-corrected chi connectivity index (χ1v) is 5.93. The van der Waals surface area contributed by atoms with E-state index in [0.717, 1.165) is 0 Å². The molecule has 0 spiro atoms. The summed E-state index contributed by atoms with van der Waals surface area (Å²) < 4.78 is 4.89. The molecule has 0 fully saturated rings. The third-order valence-corrected chi connectivity index (χ3v) is 2.99. The number of aromatic nitrogens is 1. The second-order valence-electron chi connectivity index (χ2n) is 3.60. The van der Waals surface area contributed by atoms with Crippen molar-refractivity contribution >= 4 is 29.0 Å². The molecule has 0 N–H and O–H groups in total. The maximum Gasteiger partial charge on any atom is 0.406 e. The van der Waals surface area contributed by atoms with Crippen molar-refractivity contribution in [3.05, 3.63) is 50.5 Å². The Morgan fingerprint density at radius 2 is 2.00 bits per heavy atom. The number of nitro groups is 1. The zero-order valence-corrected chi connectivity index (χ0v) is 11.3. The number of benzene rings is 1. The first-order chi connectivity index (χ1) is 9.02. The van der Waals surface area contributed by atoms with Crippen LogP contribution in [0.5, 0.6) is 5.75 Å². The predicted molar refractivity (Wildman–Crippen MR) is 72.9 cm³/mol. The zero-order chi connectivity index (χ0) is 14.0. The molecule has 98 valence electrons. The summed E-state index contributed by atoms with van der Waals surface area (Å²) in [7, 11) is 1.35. The van der Waals surface area contributed by atoms with Crippen LogP contribution >= 0.6 is 23.2 Å². The van der Waals surface area contributed by atoms with Gasteiger partial charge in [0.25, 0.3) is 0 Å². The fraction of sp³-hybridized carbons (Fsp3) is 0.0833. The van der Waals surface area contributed by atoms with E-state index < -0.39 is 4.92 Å². The van der Waals surface area contributed by atoms with Crippen LogP contribution in [-0.4, -0.2) is 17.0 Å². The minimum absolute atomic E-state index is 0.0961. The summed E-state index contributed by atoms with van der Waals surface area (Å²) in [5, 5.41) is 11.8. The summed E-state index contributed by atoms with van der Waals surface area (Å²) in [6.45, 7) is 0. The van der Waals surface area contributed by atoms with Crippen molar-refractivity contribution in [2.75, 3.05) is 7.11 Å². The van der Waals surface area contributed by atoms with Crippen molar-refractivity contribution in [1.29, 1.82) is 0 Å². The summed E-state index contributed by atoms with van der Waals surface area (Å²) in [4.78, 5) is 14.3. The molecule has 19 heavy (non-hydrogen) atoms. The molecule has 0 saturated heterocycles. The number of pyridine rings is 1. The first-order valence-electron chi connectivity index (χ1n) is 5.18. The molecular weight excluding hydrogens is 291 g/mol. The van der Waals surface area contributed by atoms with E-state index in [1.807, 2.05) is 0 Å². The number of hydrogen-bond donors (Lipinski definition) is 0. The van der Waals surface area contributed by atoms with Crippen molar-refractivity contribution in [3.63, 3.8) is 0 Å². The molecule has 0 bridgehead atoms.